The Labute approximate surface area is 142 Å². The van der Waals surface area contributed by atoms with Gasteiger partial charge < -0.3 is 10.1 Å². The Kier molecular flexibility index (Phi) is 6.99. The predicted molar refractivity (Wildman–Crippen MR) is 88.1 cm³/mol. The molecule has 1 amide bonds. The topological polar surface area (TPSA) is 38.3 Å². The number of nitrogens with one attached hydrogen (secondary N) is 1. The molecule has 0 bridgehead atoms. The third-order valence-corrected chi connectivity index (χ3v) is 3.81. The van der Waals surface area contributed by atoms with E-state index < -0.39 is 11.6 Å². The first-order valence-electron chi connectivity index (χ1n) is 7.27. The molecule has 2 aromatic carbocycles. The number of alkyl halides is 2. The minimum absolute atomic E-state index is 0.136. The van der Waals surface area contributed by atoms with E-state index in [1.54, 1.807) is 30.3 Å². The van der Waals surface area contributed by atoms with Crippen LogP contribution in [0.5, 0.6) is 5.75 Å². The van der Waals surface area contributed by atoms with Crippen LogP contribution >= 0.6 is 11.8 Å². The third kappa shape index (κ3) is 5.81. The first-order chi connectivity index (χ1) is 11.6. The first-order valence-corrected chi connectivity index (χ1v) is 8.15. The molecule has 0 aromatic heterocycles. The van der Waals surface area contributed by atoms with E-state index in [9.17, 15) is 18.0 Å². The number of rotatable bonds is 8. The predicted octanol–water partition coefficient (Wildman–Crippen LogP) is 4.94. The van der Waals surface area contributed by atoms with Gasteiger partial charge in [0.05, 0.1) is 12.3 Å². The van der Waals surface area contributed by atoms with Crippen molar-refractivity contribution in [2.45, 2.75) is 23.5 Å². The number of para-hydroxylation sites is 2. The largest absolute Gasteiger partial charge is 0.491 e. The van der Waals surface area contributed by atoms with Crippen LogP contribution in [0.2, 0.25) is 0 Å². The van der Waals surface area contributed by atoms with Crippen LogP contribution in [0.3, 0.4) is 0 Å². The smallest absolute Gasteiger partial charge is 0.288 e. The molecular formula is C17H16F3NO2S. The van der Waals surface area contributed by atoms with Crippen LogP contribution in [-0.2, 0) is 4.79 Å². The molecule has 0 fully saturated rings. The van der Waals surface area contributed by atoms with E-state index >= 15 is 0 Å². The van der Waals surface area contributed by atoms with Gasteiger partial charge in [0.25, 0.3) is 5.76 Å². The second-order valence-corrected chi connectivity index (χ2v) is 5.84. The van der Waals surface area contributed by atoms with Gasteiger partial charge in [0.2, 0.25) is 5.91 Å². The normalized spacial score (nSPS) is 10.7. The number of carbonyl (C=O) groups excluding carboxylic acids is 1. The number of hydrogen-bond acceptors (Lipinski definition) is 3. The molecule has 0 saturated carbocycles. The van der Waals surface area contributed by atoms with Crippen molar-refractivity contribution in [3.63, 3.8) is 0 Å². The molecule has 2 rings (SSSR count). The summed E-state index contributed by atoms with van der Waals surface area (Å²) in [5, 5.41) is 2.60. The van der Waals surface area contributed by atoms with Gasteiger partial charge in [0.1, 0.15) is 0 Å². The monoisotopic (exact) mass is 355 g/mol. The average Bonchev–Trinajstić information content (AvgIpc) is 2.54. The first kappa shape index (κ1) is 18.2. The average molecular weight is 355 g/mol. The molecule has 0 aliphatic heterocycles. The van der Waals surface area contributed by atoms with Gasteiger partial charge in [0.15, 0.2) is 11.6 Å². The van der Waals surface area contributed by atoms with E-state index in [1.807, 2.05) is 0 Å². The summed E-state index contributed by atoms with van der Waals surface area (Å²) in [6, 6.07) is 12.4. The van der Waals surface area contributed by atoms with Gasteiger partial charge in [0, 0.05) is 11.3 Å². The summed E-state index contributed by atoms with van der Waals surface area (Å²) in [6.07, 6.45) is 0.520. The van der Waals surface area contributed by atoms with Crippen LogP contribution < -0.4 is 10.1 Å². The highest BCUT2D eigenvalue weighted by molar-refractivity contribution is 7.99. The van der Waals surface area contributed by atoms with E-state index in [2.05, 4.69) is 5.32 Å². The zero-order valence-corrected chi connectivity index (χ0v) is 13.5. The summed E-state index contributed by atoms with van der Waals surface area (Å²) in [4.78, 5) is 12.2. The fourth-order valence-electron chi connectivity index (χ4n) is 1.96. The van der Waals surface area contributed by atoms with Crippen molar-refractivity contribution in [3.05, 3.63) is 54.3 Å². The van der Waals surface area contributed by atoms with Crippen LogP contribution in [-0.4, -0.2) is 18.3 Å². The lowest BCUT2D eigenvalue weighted by Gasteiger charge is -2.10. The maximum Gasteiger partial charge on any atom is 0.288 e. The third-order valence-electron chi connectivity index (χ3n) is 3.02. The zero-order valence-electron chi connectivity index (χ0n) is 12.7. The quantitative estimate of drug-likeness (QED) is 0.538. The van der Waals surface area contributed by atoms with E-state index in [0.717, 1.165) is 0 Å². The number of carbonyl (C=O) groups is 1. The van der Waals surface area contributed by atoms with Crippen molar-refractivity contribution < 1.29 is 22.7 Å². The molecule has 0 aliphatic carbocycles. The number of ether oxygens (including phenoxy) is 1. The summed E-state index contributed by atoms with van der Waals surface area (Å²) in [7, 11) is 0. The molecule has 0 spiro atoms. The molecule has 0 radical (unpaired) electrons. The van der Waals surface area contributed by atoms with Crippen molar-refractivity contribution in [1.29, 1.82) is 0 Å². The maximum atomic E-state index is 13.3. The summed E-state index contributed by atoms with van der Waals surface area (Å²) in [5.41, 5.74) is 0.350. The zero-order chi connectivity index (χ0) is 17.4. The van der Waals surface area contributed by atoms with Crippen LogP contribution in [0.4, 0.5) is 18.9 Å². The molecule has 0 unspecified atom stereocenters. The van der Waals surface area contributed by atoms with Crippen molar-refractivity contribution in [2.24, 2.45) is 0 Å². The molecule has 1 N–H and O–H groups in total. The van der Waals surface area contributed by atoms with Gasteiger partial charge in [-0.05, 0) is 30.7 Å². The fraction of sp³-hybridized carbons (Fsp3) is 0.235. The number of anilines is 1. The van der Waals surface area contributed by atoms with E-state index in [-0.39, 0.29) is 24.7 Å². The Balaban J connectivity index is 1.79. The molecule has 2 aromatic rings. The fourth-order valence-corrected chi connectivity index (χ4v) is 2.55. The van der Waals surface area contributed by atoms with Gasteiger partial charge in [-0.15, -0.1) is 0 Å². The number of halogens is 3. The van der Waals surface area contributed by atoms with Crippen LogP contribution in [0.1, 0.15) is 12.8 Å². The number of hydrogen-bond donors (Lipinski definition) is 1. The van der Waals surface area contributed by atoms with E-state index in [0.29, 0.717) is 28.8 Å². The van der Waals surface area contributed by atoms with Gasteiger partial charge in [-0.2, -0.15) is 8.78 Å². The minimum Gasteiger partial charge on any atom is -0.491 e. The highest BCUT2D eigenvalue weighted by Gasteiger charge is 2.11. The second-order valence-electron chi connectivity index (χ2n) is 4.81. The van der Waals surface area contributed by atoms with Crippen molar-refractivity contribution in [3.8, 4) is 5.75 Å². The lowest BCUT2D eigenvalue weighted by molar-refractivity contribution is -0.116. The molecule has 0 heterocycles. The molecular weight excluding hydrogens is 339 g/mol. The summed E-state index contributed by atoms with van der Waals surface area (Å²) in [5.74, 6) is -3.19. The number of amides is 1. The number of thioether (sulfide) groups is 1. The van der Waals surface area contributed by atoms with Crippen LogP contribution in [0.15, 0.2) is 53.4 Å². The Bertz CT molecular complexity index is 682. The van der Waals surface area contributed by atoms with Gasteiger partial charge in [-0.25, -0.2) is 4.39 Å². The van der Waals surface area contributed by atoms with Crippen molar-refractivity contribution >= 4 is 23.4 Å². The van der Waals surface area contributed by atoms with E-state index in [1.165, 1.54) is 18.2 Å². The van der Waals surface area contributed by atoms with Gasteiger partial charge >= 0.3 is 0 Å². The minimum atomic E-state index is -2.56. The Hall–Kier alpha value is -2.15. The molecule has 3 nitrogen and oxygen atoms in total. The molecule has 0 saturated heterocycles. The molecule has 128 valence electrons. The van der Waals surface area contributed by atoms with Gasteiger partial charge in [-0.3, -0.25) is 4.79 Å². The second kappa shape index (κ2) is 9.22. The highest BCUT2D eigenvalue weighted by Crippen LogP contribution is 2.31. The Morgan fingerprint density at radius 2 is 1.83 bits per heavy atom. The van der Waals surface area contributed by atoms with Crippen molar-refractivity contribution in [1.82, 2.24) is 0 Å². The lowest BCUT2D eigenvalue weighted by Crippen LogP contribution is -2.13. The standard InChI is InChI=1S/C17H16F3NO2S/c18-12-6-1-3-8-14(12)23-11-5-10-16(22)21-13-7-2-4-9-15(13)24-17(19)20/h1-4,6-9,17H,5,10-11H2,(H,21,22). The Morgan fingerprint density at radius 1 is 1.12 bits per heavy atom. The highest BCUT2D eigenvalue weighted by atomic mass is 32.2. The summed E-state index contributed by atoms with van der Waals surface area (Å²) < 4.78 is 43.6. The molecule has 0 atom stereocenters. The molecule has 7 heteroatoms. The molecule has 0 aliphatic rings. The van der Waals surface area contributed by atoms with E-state index in [4.69, 9.17) is 4.74 Å². The van der Waals surface area contributed by atoms with Crippen LogP contribution in [0.25, 0.3) is 0 Å². The summed E-state index contributed by atoms with van der Waals surface area (Å²) in [6.45, 7) is 0.182. The SMILES string of the molecule is O=C(CCCOc1ccccc1F)Nc1ccccc1SC(F)F. The summed E-state index contributed by atoms with van der Waals surface area (Å²) >= 11 is 0.380. The molecule has 24 heavy (non-hydrogen) atoms. The lowest BCUT2D eigenvalue weighted by atomic mass is 10.2. The maximum absolute atomic E-state index is 13.3. The Morgan fingerprint density at radius 3 is 2.58 bits per heavy atom. The van der Waals surface area contributed by atoms with Gasteiger partial charge in [-0.1, -0.05) is 36.0 Å². The number of benzene rings is 2. The van der Waals surface area contributed by atoms with Crippen molar-refractivity contribution in [2.75, 3.05) is 11.9 Å². The van der Waals surface area contributed by atoms with Crippen LogP contribution in [0, 0.1) is 5.82 Å².